The van der Waals surface area contributed by atoms with E-state index in [1.54, 1.807) is 36.4 Å². The highest BCUT2D eigenvalue weighted by molar-refractivity contribution is 6.30. The summed E-state index contributed by atoms with van der Waals surface area (Å²) in [6, 6.07) is 12.8. The van der Waals surface area contributed by atoms with Gasteiger partial charge in [-0.2, -0.15) is 4.98 Å². The third kappa shape index (κ3) is 3.73. The Hall–Kier alpha value is -2.73. The minimum absolute atomic E-state index is 0.0358. The lowest BCUT2D eigenvalue weighted by Gasteiger charge is -2.03. The average Bonchev–Trinajstić information content (AvgIpc) is 2.95. The first-order valence-corrected chi connectivity index (χ1v) is 7.12. The van der Waals surface area contributed by atoms with Crippen LogP contribution in [0.1, 0.15) is 5.82 Å². The van der Waals surface area contributed by atoms with Crippen LogP contribution in [0.25, 0.3) is 11.5 Å². The van der Waals surface area contributed by atoms with Crippen LogP contribution >= 0.6 is 11.6 Å². The normalized spacial score (nSPS) is 10.5. The molecular formula is C16H11ClFN3O2. The van der Waals surface area contributed by atoms with Crippen LogP contribution in [-0.2, 0) is 11.2 Å². The van der Waals surface area contributed by atoms with E-state index >= 15 is 0 Å². The number of carbonyl (C=O) groups is 1. The van der Waals surface area contributed by atoms with Crippen molar-refractivity contribution in [3.05, 3.63) is 65.2 Å². The van der Waals surface area contributed by atoms with Crippen molar-refractivity contribution in [2.24, 2.45) is 0 Å². The number of hydrogen-bond acceptors (Lipinski definition) is 4. The maximum absolute atomic E-state index is 13.7. The van der Waals surface area contributed by atoms with E-state index in [1.165, 1.54) is 12.1 Å². The fourth-order valence-corrected chi connectivity index (χ4v) is 2.18. The molecule has 0 bridgehead atoms. The van der Waals surface area contributed by atoms with Crippen LogP contribution in [-0.4, -0.2) is 16.0 Å². The van der Waals surface area contributed by atoms with E-state index in [9.17, 15) is 9.18 Å². The summed E-state index contributed by atoms with van der Waals surface area (Å²) in [5.74, 6) is -0.587. The van der Waals surface area contributed by atoms with Gasteiger partial charge in [0.05, 0.1) is 12.0 Å². The second kappa shape index (κ2) is 6.58. The Balaban J connectivity index is 1.69. The zero-order valence-corrected chi connectivity index (χ0v) is 12.5. The smallest absolute Gasteiger partial charge is 0.260 e. The first kappa shape index (κ1) is 15.2. The number of anilines is 1. The Bertz CT molecular complexity index is 851. The van der Waals surface area contributed by atoms with Crippen LogP contribution < -0.4 is 5.32 Å². The van der Waals surface area contributed by atoms with Crippen molar-refractivity contribution in [1.29, 1.82) is 0 Å². The molecule has 7 heteroatoms. The molecule has 23 heavy (non-hydrogen) atoms. The van der Waals surface area contributed by atoms with Crippen molar-refractivity contribution in [2.75, 3.05) is 5.32 Å². The molecule has 0 aliphatic carbocycles. The van der Waals surface area contributed by atoms with Gasteiger partial charge in [-0.1, -0.05) is 35.0 Å². The Morgan fingerprint density at radius 1 is 1.22 bits per heavy atom. The summed E-state index contributed by atoms with van der Waals surface area (Å²) in [4.78, 5) is 16.0. The van der Waals surface area contributed by atoms with Crippen molar-refractivity contribution in [3.8, 4) is 11.5 Å². The van der Waals surface area contributed by atoms with E-state index in [4.69, 9.17) is 16.1 Å². The van der Waals surface area contributed by atoms with Gasteiger partial charge in [0.25, 0.3) is 5.89 Å². The van der Waals surface area contributed by atoms with Crippen LogP contribution in [0.3, 0.4) is 0 Å². The molecule has 1 heterocycles. The Labute approximate surface area is 136 Å². The second-order valence-electron chi connectivity index (χ2n) is 4.73. The Morgan fingerprint density at radius 3 is 2.83 bits per heavy atom. The molecule has 0 fully saturated rings. The minimum atomic E-state index is -0.467. The van der Waals surface area contributed by atoms with Crippen molar-refractivity contribution in [3.63, 3.8) is 0 Å². The van der Waals surface area contributed by atoms with Gasteiger partial charge in [-0.05, 0) is 30.3 Å². The summed E-state index contributed by atoms with van der Waals surface area (Å²) in [6.45, 7) is 0. The monoisotopic (exact) mass is 331 g/mol. The summed E-state index contributed by atoms with van der Waals surface area (Å²) >= 11 is 5.85. The highest BCUT2D eigenvalue weighted by atomic mass is 35.5. The van der Waals surface area contributed by atoms with Gasteiger partial charge in [-0.25, -0.2) is 4.39 Å². The molecule has 0 aliphatic heterocycles. The molecule has 0 unspecified atom stereocenters. The summed E-state index contributed by atoms with van der Waals surface area (Å²) in [6.07, 6.45) is -0.0928. The molecule has 0 saturated carbocycles. The topological polar surface area (TPSA) is 68.0 Å². The predicted octanol–water partition coefficient (Wildman–Crippen LogP) is 3.71. The number of carbonyl (C=O) groups excluding carboxylic acids is 1. The van der Waals surface area contributed by atoms with Crippen molar-refractivity contribution in [2.45, 2.75) is 6.42 Å². The molecule has 0 saturated heterocycles. The van der Waals surface area contributed by atoms with Gasteiger partial charge >= 0.3 is 0 Å². The van der Waals surface area contributed by atoms with Crippen LogP contribution in [0.15, 0.2) is 53.1 Å². The standard InChI is InChI=1S/C16H11ClFN3O2/c17-10-4-3-5-11(8-10)19-15(22)9-14-20-16(23-21-14)12-6-1-2-7-13(12)18/h1-8H,9H2,(H,19,22). The predicted molar refractivity (Wildman–Crippen MR) is 83.5 cm³/mol. The number of aromatic nitrogens is 2. The minimum Gasteiger partial charge on any atom is -0.334 e. The lowest BCUT2D eigenvalue weighted by Crippen LogP contribution is -2.15. The van der Waals surface area contributed by atoms with Crippen molar-refractivity contribution in [1.82, 2.24) is 10.1 Å². The van der Waals surface area contributed by atoms with E-state index in [2.05, 4.69) is 15.5 Å². The molecule has 0 aliphatic rings. The first-order chi connectivity index (χ1) is 11.1. The molecule has 0 radical (unpaired) electrons. The molecule has 3 rings (SSSR count). The number of halogens is 2. The van der Waals surface area contributed by atoms with Gasteiger partial charge in [-0.15, -0.1) is 0 Å². The van der Waals surface area contributed by atoms with E-state index < -0.39 is 5.82 Å². The van der Waals surface area contributed by atoms with Gasteiger partial charge in [-0.3, -0.25) is 4.79 Å². The second-order valence-corrected chi connectivity index (χ2v) is 5.17. The molecule has 1 aromatic heterocycles. The number of amides is 1. The van der Waals surface area contributed by atoms with E-state index in [-0.39, 0.29) is 29.6 Å². The molecule has 1 amide bonds. The maximum atomic E-state index is 13.7. The van der Waals surface area contributed by atoms with E-state index in [0.717, 1.165) is 0 Å². The van der Waals surface area contributed by atoms with Crippen molar-refractivity contribution >= 4 is 23.2 Å². The maximum Gasteiger partial charge on any atom is 0.260 e. The fraction of sp³-hybridized carbons (Fsp3) is 0.0625. The van der Waals surface area contributed by atoms with Crippen LogP contribution in [0.4, 0.5) is 10.1 Å². The molecular weight excluding hydrogens is 321 g/mol. The lowest BCUT2D eigenvalue weighted by atomic mass is 10.2. The number of hydrogen-bond donors (Lipinski definition) is 1. The van der Waals surface area contributed by atoms with Gasteiger partial charge in [0.2, 0.25) is 5.91 Å². The Morgan fingerprint density at radius 2 is 2.04 bits per heavy atom. The SMILES string of the molecule is O=C(Cc1noc(-c2ccccc2F)n1)Nc1cccc(Cl)c1. The first-order valence-electron chi connectivity index (χ1n) is 6.75. The van der Waals surface area contributed by atoms with Gasteiger partial charge in [0, 0.05) is 10.7 Å². The summed E-state index contributed by atoms with van der Waals surface area (Å²) in [7, 11) is 0. The summed E-state index contributed by atoms with van der Waals surface area (Å²) in [5.41, 5.74) is 0.766. The quantitative estimate of drug-likeness (QED) is 0.791. The number of nitrogens with zero attached hydrogens (tertiary/aromatic N) is 2. The lowest BCUT2D eigenvalue weighted by molar-refractivity contribution is -0.115. The molecule has 2 aromatic carbocycles. The molecule has 5 nitrogen and oxygen atoms in total. The molecule has 0 atom stereocenters. The van der Waals surface area contributed by atoms with Gasteiger partial charge in [0.15, 0.2) is 5.82 Å². The molecule has 116 valence electrons. The molecule has 0 spiro atoms. The summed E-state index contributed by atoms with van der Waals surface area (Å²) in [5, 5.41) is 6.88. The average molecular weight is 332 g/mol. The third-order valence-electron chi connectivity index (χ3n) is 3.00. The zero-order valence-electron chi connectivity index (χ0n) is 11.8. The summed E-state index contributed by atoms with van der Waals surface area (Å²) < 4.78 is 18.7. The van der Waals surface area contributed by atoms with Gasteiger partial charge < -0.3 is 9.84 Å². The van der Waals surface area contributed by atoms with E-state index in [0.29, 0.717) is 10.7 Å². The third-order valence-corrected chi connectivity index (χ3v) is 3.23. The fourth-order valence-electron chi connectivity index (χ4n) is 1.98. The molecule has 3 aromatic rings. The number of rotatable bonds is 4. The van der Waals surface area contributed by atoms with Crippen LogP contribution in [0.2, 0.25) is 5.02 Å². The number of benzene rings is 2. The Kier molecular flexibility index (Phi) is 4.34. The zero-order chi connectivity index (χ0) is 16.2. The van der Waals surface area contributed by atoms with Crippen LogP contribution in [0.5, 0.6) is 0 Å². The molecule has 1 N–H and O–H groups in total. The van der Waals surface area contributed by atoms with E-state index in [1.807, 2.05) is 0 Å². The number of nitrogens with one attached hydrogen (secondary N) is 1. The largest absolute Gasteiger partial charge is 0.334 e. The van der Waals surface area contributed by atoms with Crippen LogP contribution in [0, 0.1) is 5.82 Å². The van der Waals surface area contributed by atoms with Crippen molar-refractivity contribution < 1.29 is 13.7 Å². The highest BCUT2D eigenvalue weighted by Gasteiger charge is 2.15. The highest BCUT2D eigenvalue weighted by Crippen LogP contribution is 2.20. The van der Waals surface area contributed by atoms with Gasteiger partial charge in [0.1, 0.15) is 5.82 Å².